The summed E-state index contributed by atoms with van der Waals surface area (Å²) in [4.78, 5) is 41.4. The number of amides is 2. The summed E-state index contributed by atoms with van der Waals surface area (Å²) in [5.41, 5.74) is 2.03. The Balaban J connectivity index is 1.44. The number of fused-ring (bicyclic) bond motifs is 1. The minimum absolute atomic E-state index is 0.177. The number of benzene rings is 2. The van der Waals surface area contributed by atoms with Crippen LogP contribution in [-0.4, -0.2) is 89.9 Å². The summed E-state index contributed by atoms with van der Waals surface area (Å²) in [6, 6.07) is 6.53. The topological polar surface area (TPSA) is 100 Å². The van der Waals surface area contributed by atoms with Crippen LogP contribution in [0.15, 0.2) is 36.5 Å². The maximum Gasteiger partial charge on any atom is 0.410 e. The van der Waals surface area contributed by atoms with Gasteiger partial charge in [0.05, 0.1) is 42.5 Å². The smallest absolute Gasteiger partial charge is 0.410 e. The summed E-state index contributed by atoms with van der Waals surface area (Å²) in [5.74, 6) is -1.38. The average Bonchev–Trinajstić information content (AvgIpc) is 3.47. The van der Waals surface area contributed by atoms with E-state index in [0.717, 1.165) is 12.1 Å². The standard InChI is InChI=1S/C31H38F2N6O4/c1-19(35-21-6-7-24(32)25(33)16-21)23-14-20(15-26-28(23)36-27(17-34-26)38-10-12-42-13-11-38)29(40)39-9-8-22(18-39)37(5)30(41)43-31(2,3)4/h6-7,14-17,19,22,35H,8-13,18H2,1-5H3. The number of anilines is 2. The number of carbonyl (C=O) groups is 2. The van der Waals surface area contributed by atoms with Crippen LogP contribution in [0.25, 0.3) is 11.0 Å². The molecule has 1 aromatic heterocycles. The third-order valence-corrected chi connectivity index (χ3v) is 7.70. The monoisotopic (exact) mass is 596 g/mol. The van der Waals surface area contributed by atoms with Gasteiger partial charge in [-0.2, -0.15) is 0 Å². The van der Waals surface area contributed by atoms with E-state index in [9.17, 15) is 18.4 Å². The number of aromatic nitrogens is 2. The fourth-order valence-electron chi connectivity index (χ4n) is 5.35. The number of halogens is 2. The van der Waals surface area contributed by atoms with Crippen LogP contribution >= 0.6 is 0 Å². The summed E-state index contributed by atoms with van der Waals surface area (Å²) < 4.78 is 38.5. The van der Waals surface area contributed by atoms with Crippen LogP contribution in [0.4, 0.5) is 25.1 Å². The second-order valence-electron chi connectivity index (χ2n) is 12.0. The summed E-state index contributed by atoms with van der Waals surface area (Å²) in [7, 11) is 1.69. The predicted octanol–water partition coefficient (Wildman–Crippen LogP) is 5.00. The van der Waals surface area contributed by atoms with Crippen LogP contribution in [0.5, 0.6) is 0 Å². The number of carbonyl (C=O) groups excluding carboxylic acids is 2. The van der Waals surface area contributed by atoms with E-state index >= 15 is 0 Å². The highest BCUT2D eigenvalue weighted by atomic mass is 19.2. The van der Waals surface area contributed by atoms with E-state index < -0.39 is 29.4 Å². The highest BCUT2D eigenvalue weighted by Crippen LogP contribution is 2.30. The second kappa shape index (κ2) is 12.3. The quantitative estimate of drug-likeness (QED) is 0.425. The summed E-state index contributed by atoms with van der Waals surface area (Å²) >= 11 is 0. The third-order valence-electron chi connectivity index (χ3n) is 7.70. The number of morpholine rings is 1. The van der Waals surface area contributed by atoms with Gasteiger partial charge in [-0.05, 0) is 58.4 Å². The molecule has 1 N–H and O–H groups in total. The van der Waals surface area contributed by atoms with Crippen molar-refractivity contribution >= 4 is 34.5 Å². The maximum absolute atomic E-state index is 14.0. The summed E-state index contributed by atoms with van der Waals surface area (Å²) in [6.07, 6.45) is 1.89. The Morgan fingerprint density at radius 2 is 1.86 bits per heavy atom. The number of ether oxygens (including phenoxy) is 2. The minimum atomic E-state index is -0.958. The van der Waals surface area contributed by atoms with Gasteiger partial charge in [0.25, 0.3) is 5.91 Å². The first-order valence-corrected chi connectivity index (χ1v) is 14.5. The van der Waals surface area contributed by atoms with Crippen LogP contribution in [-0.2, 0) is 9.47 Å². The van der Waals surface area contributed by atoms with Crippen LogP contribution < -0.4 is 10.2 Å². The van der Waals surface area contributed by atoms with E-state index in [1.807, 2.05) is 27.7 Å². The van der Waals surface area contributed by atoms with Gasteiger partial charge < -0.3 is 29.5 Å². The Labute approximate surface area is 250 Å². The number of hydrogen-bond acceptors (Lipinski definition) is 8. The molecule has 2 aromatic carbocycles. The van der Waals surface area contributed by atoms with E-state index in [1.165, 1.54) is 6.07 Å². The molecule has 2 unspecified atom stereocenters. The Bertz CT molecular complexity index is 1510. The molecule has 3 heterocycles. The number of rotatable bonds is 6. The lowest BCUT2D eigenvalue weighted by atomic mass is 10.0. The molecule has 43 heavy (non-hydrogen) atoms. The minimum Gasteiger partial charge on any atom is -0.444 e. The molecular weight excluding hydrogens is 558 g/mol. The van der Waals surface area contributed by atoms with E-state index in [4.69, 9.17) is 14.5 Å². The molecule has 2 amide bonds. The van der Waals surface area contributed by atoms with Crippen molar-refractivity contribution in [3.05, 3.63) is 59.3 Å². The van der Waals surface area contributed by atoms with Crippen molar-refractivity contribution in [2.45, 2.75) is 51.8 Å². The van der Waals surface area contributed by atoms with E-state index in [-0.39, 0.29) is 11.9 Å². The van der Waals surface area contributed by atoms with Crippen LogP contribution in [0.3, 0.4) is 0 Å². The Morgan fingerprint density at radius 1 is 1.12 bits per heavy atom. The van der Waals surface area contributed by atoms with E-state index in [1.54, 1.807) is 35.2 Å². The van der Waals surface area contributed by atoms with Crippen molar-refractivity contribution in [2.24, 2.45) is 0 Å². The number of nitrogens with one attached hydrogen (secondary N) is 1. The van der Waals surface area contributed by atoms with Gasteiger partial charge >= 0.3 is 6.09 Å². The molecule has 2 fully saturated rings. The third kappa shape index (κ3) is 6.96. The zero-order valence-corrected chi connectivity index (χ0v) is 25.2. The molecule has 3 aromatic rings. The molecule has 10 nitrogen and oxygen atoms in total. The zero-order valence-electron chi connectivity index (χ0n) is 25.2. The van der Waals surface area contributed by atoms with Gasteiger partial charge in [0.1, 0.15) is 11.4 Å². The first-order chi connectivity index (χ1) is 20.4. The molecule has 5 rings (SSSR count). The Morgan fingerprint density at radius 3 is 2.56 bits per heavy atom. The van der Waals surface area contributed by atoms with Gasteiger partial charge in [-0.1, -0.05) is 0 Å². The van der Waals surface area contributed by atoms with Crippen molar-refractivity contribution in [1.82, 2.24) is 19.8 Å². The van der Waals surface area contributed by atoms with Gasteiger partial charge in [0.15, 0.2) is 11.6 Å². The van der Waals surface area contributed by atoms with Crippen molar-refractivity contribution in [2.75, 3.05) is 56.7 Å². The highest BCUT2D eigenvalue weighted by molar-refractivity contribution is 5.98. The van der Waals surface area contributed by atoms with E-state index in [0.29, 0.717) is 79.5 Å². The van der Waals surface area contributed by atoms with Crippen LogP contribution in [0.1, 0.15) is 56.1 Å². The molecule has 0 spiro atoms. The molecule has 0 bridgehead atoms. The van der Waals surface area contributed by atoms with Gasteiger partial charge in [-0.25, -0.2) is 18.6 Å². The predicted molar refractivity (Wildman–Crippen MR) is 159 cm³/mol. The molecular formula is C31H38F2N6O4. The number of nitrogens with zero attached hydrogens (tertiary/aromatic N) is 5. The normalized spacial score (nSPS) is 18.1. The molecule has 0 saturated carbocycles. The molecule has 0 radical (unpaired) electrons. The SMILES string of the molecule is CC(Nc1ccc(F)c(F)c1)c1cc(C(=O)N2CCC(N(C)C(=O)OC(C)(C)C)C2)cc2ncc(N3CCOCC3)nc12. The van der Waals surface area contributed by atoms with E-state index in [2.05, 4.69) is 15.2 Å². The van der Waals surface area contributed by atoms with Crippen molar-refractivity contribution in [3.8, 4) is 0 Å². The zero-order chi connectivity index (χ0) is 30.9. The van der Waals surface area contributed by atoms with Gasteiger partial charge in [0.2, 0.25) is 0 Å². The van der Waals surface area contributed by atoms with Gasteiger partial charge in [-0.3, -0.25) is 9.78 Å². The first kappa shape index (κ1) is 30.4. The second-order valence-corrected chi connectivity index (χ2v) is 12.0. The largest absolute Gasteiger partial charge is 0.444 e. The fraction of sp³-hybridized carbons (Fsp3) is 0.484. The molecule has 2 aliphatic heterocycles. The van der Waals surface area contributed by atoms with Crippen molar-refractivity contribution in [1.29, 1.82) is 0 Å². The fourth-order valence-corrected chi connectivity index (χ4v) is 5.35. The van der Waals surface area contributed by atoms with Crippen LogP contribution in [0.2, 0.25) is 0 Å². The lowest BCUT2D eigenvalue weighted by Gasteiger charge is -2.28. The lowest BCUT2D eigenvalue weighted by molar-refractivity contribution is 0.0226. The molecule has 12 heteroatoms. The molecule has 2 saturated heterocycles. The maximum atomic E-state index is 14.0. The highest BCUT2D eigenvalue weighted by Gasteiger charge is 2.34. The van der Waals surface area contributed by atoms with Crippen LogP contribution in [0, 0.1) is 11.6 Å². The van der Waals surface area contributed by atoms with Crippen molar-refractivity contribution in [3.63, 3.8) is 0 Å². The average molecular weight is 597 g/mol. The summed E-state index contributed by atoms with van der Waals surface area (Å²) in [5, 5.41) is 3.22. The Kier molecular flexibility index (Phi) is 8.68. The molecule has 2 aliphatic rings. The molecule has 0 aliphatic carbocycles. The molecule has 230 valence electrons. The summed E-state index contributed by atoms with van der Waals surface area (Å²) in [6.45, 7) is 10.7. The lowest BCUT2D eigenvalue weighted by Crippen LogP contribution is -2.42. The first-order valence-electron chi connectivity index (χ1n) is 14.5. The van der Waals surface area contributed by atoms with Crippen molar-refractivity contribution < 1.29 is 27.8 Å². The van der Waals surface area contributed by atoms with Gasteiger partial charge in [-0.15, -0.1) is 0 Å². The Hall–Kier alpha value is -4.06. The molecule has 2 atom stereocenters. The van der Waals surface area contributed by atoms with Gasteiger partial charge in [0, 0.05) is 56.1 Å². The number of likely N-dealkylation sites (N-methyl/N-ethyl adjacent to an activating group) is 1. The number of hydrogen-bond donors (Lipinski definition) is 1. The number of likely N-dealkylation sites (tertiary alicyclic amines) is 1.